The van der Waals surface area contributed by atoms with Crippen LogP contribution in [-0.2, 0) is 19.9 Å². The van der Waals surface area contributed by atoms with Crippen LogP contribution in [-0.4, -0.2) is 30.9 Å². The second-order valence-corrected chi connectivity index (χ2v) is 9.07. The van der Waals surface area contributed by atoms with Gasteiger partial charge in [-0.25, -0.2) is 4.79 Å². The van der Waals surface area contributed by atoms with Crippen molar-refractivity contribution in [3.8, 4) is 11.8 Å². The van der Waals surface area contributed by atoms with E-state index in [4.69, 9.17) is 14.6 Å². The fourth-order valence-corrected chi connectivity index (χ4v) is 4.14. The molecule has 4 heteroatoms. The van der Waals surface area contributed by atoms with Crippen LogP contribution in [0.2, 0.25) is 0 Å². The maximum absolute atomic E-state index is 13.4. The van der Waals surface area contributed by atoms with Gasteiger partial charge in [0.25, 0.3) is 0 Å². The van der Waals surface area contributed by atoms with E-state index in [1.165, 1.54) is 32.1 Å². The van der Waals surface area contributed by atoms with Crippen molar-refractivity contribution in [3.05, 3.63) is 48.0 Å². The first-order chi connectivity index (χ1) is 16.6. The lowest BCUT2D eigenvalue weighted by atomic mass is 9.90. The summed E-state index contributed by atoms with van der Waals surface area (Å²) in [6.45, 7) is 4.18. The van der Waals surface area contributed by atoms with E-state index in [0.717, 1.165) is 48.4 Å². The van der Waals surface area contributed by atoms with Gasteiger partial charge in [0.2, 0.25) is 0 Å². The molecule has 2 aromatic carbocycles. The molecule has 0 saturated carbocycles. The third-order valence-electron chi connectivity index (χ3n) is 6.39. The number of esters is 1. The predicted molar refractivity (Wildman–Crippen MR) is 140 cm³/mol. The van der Waals surface area contributed by atoms with Gasteiger partial charge in [-0.1, -0.05) is 99.8 Å². The number of hydrogen-bond donors (Lipinski definition) is 1. The van der Waals surface area contributed by atoms with Crippen molar-refractivity contribution in [2.75, 3.05) is 13.7 Å². The van der Waals surface area contributed by atoms with Crippen LogP contribution >= 0.6 is 0 Å². The quantitative estimate of drug-likeness (QED) is 0.176. The molecule has 2 aromatic rings. The van der Waals surface area contributed by atoms with E-state index in [0.29, 0.717) is 6.42 Å². The minimum atomic E-state index is -1.22. The number of hydrogen-bond acceptors (Lipinski definition) is 4. The van der Waals surface area contributed by atoms with Gasteiger partial charge in [0.05, 0.1) is 0 Å². The summed E-state index contributed by atoms with van der Waals surface area (Å²) in [5.41, 5.74) is -0.429. The number of methoxy groups -OCH3 is 1. The van der Waals surface area contributed by atoms with E-state index in [-0.39, 0.29) is 6.61 Å². The molecule has 0 radical (unpaired) electrons. The number of fused-ring (bicyclic) bond motifs is 1. The summed E-state index contributed by atoms with van der Waals surface area (Å²) in [6.07, 6.45) is 10.9. The fourth-order valence-electron chi connectivity index (χ4n) is 4.14. The topological polar surface area (TPSA) is 55.8 Å². The van der Waals surface area contributed by atoms with Gasteiger partial charge in [0, 0.05) is 25.7 Å². The zero-order valence-electron chi connectivity index (χ0n) is 21.3. The van der Waals surface area contributed by atoms with Crippen molar-refractivity contribution in [1.82, 2.24) is 0 Å². The molecule has 0 bridgehead atoms. The first kappa shape index (κ1) is 27.9. The van der Waals surface area contributed by atoms with Gasteiger partial charge < -0.3 is 14.6 Å². The number of rotatable bonds is 15. The smallest absolute Gasteiger partial charge is 0.344 e. The van der Waals surface area contributed by atoms with Gasteiger partial charge >= 0.3 is 5.97 Å². The van der Waals surface area contributed by atoms with Crippen LogP contribution in [0.3, 0.4) is 0 Å². The monoisotopic (exact) mass is 466 g/mol. The molecule has 2 atom stereocenters. The molecule has 2 rings (SSSR count). The zero-order chi connectivity index (χ0) is 24.7. The second kappa shape index (κ2) is 15.5. The Labute approximate surface area is 206 Å². The van der Waals surface area contributed by atoms with E-state index in [1.807, 2.05) is 42.5 Å². The van der Waals surface area contributed by atoms with Gasteiger partial charge in [0.1, 0.15) is 0 Å². The third kappa shape index (κ3) is 8.46. The van der Waals surface area contributed by atoms with Crippen LogP contribution in [0.5, 0.6) is 0 Å². The number of unbranched alkanes of at least 4 members (excludes halogenated alkanes) is 8. The maximum Gasteiger partial charge on any atom is 0.344 e. The number of carbonyl (C=O) groups is 1. The van der Waals surface area contributed by atoms with Gasteiger partial charge in [-0.3, -0.25) is 0 Å². The summed E-state index contributed by atoms with van der Waals surface area (Å²) in [5, 5.41) is 11.0. The summed E-state index contributed by atoms with van der Waals surface area (Å²) >= 11 is 0. The molecule has 34 heavy (non-hydrogen) atoms. The highest BCUT2D eigenvalue weighted by atomic mass is 16.6. The van der Waals surface area contributed by atoms with E-state index >= 15 is 0 Å². The summed E-state index contributed by atoms with van der Waals surface area (Å²) in [7, 11) is 1.55. The van der Waals surface area contributed by atoms with E-state index in [1.54, 1.807) is 14.0 Å². The molecule has 0 aliphatic rings. The molecule has 0 saturated heterocycles. The molecule has 0 fully saturated rings. The van der Waals surface area contributed by atoms with E-state index in [2.05, 4.69) is 18.8 Å². The van der Waals surface area contributed by atoms with Crippen LogP contribution in [0.15, 0.2) is 42.5 Å². The fraction of sp³-hybridized carbons (Fsp3) is 0.567. The first-order valence-corrected chi connectivity index (χ1v) is 12.9. The Morgan fingerprint density at radius 2 is 1.68 bits per heavy atom. The normalized spacial score (nSPS) is 13.6. The Morgan fingerprint density at radius 1 is 0.971 bits per heavy atom. The SMILES string of the molecule is CCCCCCCCC[C@@H](C#CCCCCO)OC(=O)[C@@](C)(OC)c1cccc2ccccc12. The van der Waals surface area contributed by atoms with Gasteiger partial charge in [0.15, 0.2) is 11.7 Å². The first-order valence-electron chi connectivity index (χ1n) is 12.9. The van der Waals surface area contributed by atoms with Gasteiger partial charge in [-0.15, -0.1) is 0 Å². The summed E-state index contributed by atoms with van der Waals surface area (Å²) in [4.78, 5) is 13.4. The molecular formula is C30H42O4. The van der Waals surface area contributed by atoms with Crippen molar-refractivity contribution in [3.63, 3.8) is 0 Å². The lowest BCUT2D eigenvalue weighted by molar-refractivity contribution is -0.171. The highest BCUT2D eigenvalue weighted by Crippen LogP contribution is 2.33. The highest BCUT2D eigenvalue weighted by Gasteiger charge is 2.39. The largest absolute Gasteiger partial charge is 0.447 e. The van der Waals surface area contributed by atoms with Crippen molar-refractivity contribution in [2.24, 2.45) is 0 Å². The Morgan fingerprint density at radius 3 is 2.41 bits per heavy atom. The van der Waals surface area contributed by atoms with Crippen LogP contribution in [0, 0.1) is 11.8 Å². The number of aliphatic hydroxyl groups excluding tert-OH is 1. The number of carbonyl (C=O) groups excluding carboxylic acids is 1. The molecule has 0 aromatic heterocycles. The molecule has 1 N–H and O–H groups in total. The molecule has 4 nitrogen and oxygen atoms in total. The molecular weight excluding hydrogens is 424 g/mol. The van der Waals surface area contributed by atoms with Crippen LogP contribution in [0.1, 0.15) is 90.0 Å². The maximum atomic E-state index is 13.4. The lowest BCUT2D eigenvalue weighted by Gasteiger charge is -2.29. The predicted octanol–water partition coefficient (Wildman–Crippen LogP) is 6.92. The minimum Gasteiger partial charge on any atom is -0.447 e. The second-order valence-electron chi connectivity index (χ2n) is 9.07. The third-order valence-corrected chi connectivity index (χ3v) is 6.39. The molecule has 0 aliphatic carbocycles. The van der Waals surface area contributed by atoms with E-state index in [9.17, 15) is 4.79 Å². The van der Waals surface area contributed by atoms with Gasteiger partial charge in [-0.05, 0) is 43.4 Å². The number of aliphatic hydroxyl groups is 1. The molecule has 0 amide bonds. The Kier molecular flexibility index (Phi) is 12.7. The van der Waals surface area contributed by atoms with Crippen molar-refractivity contribution < 1.29 is 19.4 Å². The lowest BCUT2D eigenvalue weighted by Crippen LogP contribution is -2.38. The molecule has 0 heterocycles. The van der Waals surface area contributed by atoms with Crippen LogP contribution in [0.4, 0.5) is 0 Å². The van der Waals surface area contributed by atoms with Crippen molar-refractivity contribution in [2.45, 2.75) is 96.2 Å². The molecule has 0 aliphatic heterocycles. The van der Waals surface area contributed by atoms with Crippen molar-refractivity contribution >= 4 is 16.7 Å². The van der Waals surface area contributed by atoms with Crippen LogP contribution in [0.25, 0.3) is 10.8 Å². The summed E-state index contributed by atoms with van der Waals surface area (Å²) in [5.74, 6) is 5.92. The standard InChI is InChI=1S/C30H42O4/c1-4-5-6-7-8-9-12-20-26(21-13-10-11-16-24-31)34-29(32)30(2,33-3)28-23-17-19-25-18-14-15-22-27(25)28/h14-15,17-19,22-23,26,31H,4-12,16,20,24H2,1-3H3/t26-,30-/m0/s1. The summed E-state index contributed by atoms with van der Waals surface area (Å²) < 4.78 is 11.8. The molecule has 0 spiro atoms. The Hall–Kier alpha value is -2.35. The Balaban J connectivity index is 2.10. The number of benzene rings is 2. The number of ether oxygens (including phenoxy) is 2. The van der Waals surface area contributed by atoms with Crippen molar-refractivity contribution in [1.29, 1.82) is 0 Å². The molecule has 186 valence electrons. The van der Waals surface area contributed by atoms with Crippen LogP contribution < -0.4 is 0 Å². The molecule has 0 unspecified atom stereocenters. The minimum absolute atomic E-state index is 0.176. The zero-order valence-corrected chi connectivity index (χ0v) is 21.3. The highest BCUT2D eigenvalue weighted by molar-refractivity contribution is 5.92. The summed E-state index contributed by atoms with van der Waals surface area (Å²) in [6, 6.07) is 13.9. The van der Waals surface area contributed by atoms with E-state index < -0.39 is 17.7 Å². The Bertz CT molecular complexity index is 921. The average Bonchev–Trinajstić information content (AvgIpc) is 2.86. The average molecular weight is 467 g/mol. The van der Waals surface area contributed by atoms with Gasteiger partial charge in [-0.2, -0.15) is 0 Å².